The number of rotatable bonds is 2. The highest BCUT2D eigenvalue weighted by Gasteiger charge is 2.23. The number of fused-ring (bicyclic) bond motifs is 1. The van der Waals surface area contributed by atoms with Gasteiger partial charge in [-0.05, 0) is 37.1 Å². The third kappa shape index (κ3) is 2.98. The highest BCUT2D eigenvalue weighted by molar-refractivity contribution is 5.81. The van der Waals surface area contributed by atoms with E-state index in [-0.39, 0.29) is 11.2 Å². The monoisotopic (exact) mass is 289 g/mol. The van der Waals surface area contributed by atoms with Crippen molar-refractivity contribution >= 4 is 10.9 Å². The van der Waals surface area contributed by atoms with Crippen LogP contribution in [0.4, 0.5) is 4.39 Å². The number of halogens is 1. The van der Waals surface area contributed by atoms with Crippen LogP contribution in [0, 0.1) is 11.7 Å². The predicted octanol–water partition coefficient (Wildman–Crippen LogP) is 4.50. The fraction of sp³-hybridized carbons (Fsp3) is 0.556. The molecule has 0 bridgehead atoms. The Morgan fingerprint density at radius 3 is 2.76 bits per heavy atom. The summed E-state index contributed by atoms with van der Waals surface area (Å²) in [6, 6.07) is 7.29. The molecule has 1 aliphatic rings. The fourth-order valence-electron chi connectivity index (χ4n) is 3.26. The number of nitrogens with zero attached hydrogens (tertiary/aromatic N) is 1. The van der Waals surface area contributed by atoms with E-state index in [1.54, 1.807) is 12.1 Å². The van der Waals surface area contributed by atoms with Gasteiger partial charge in [0.2, 0.25) is 0 Å². The summed E-state index contributed by atoms with van der Waals surface area (Å²) in [4.78, 5) is 0. The van der Waals surface area contributed by atoms with Gasteiger partial charge in [0, 0.05) is 35.6 Å². The minimum atomic E-state index is -0.165. The maximum Gasteiger partial charge on any atom is 0.125 e. The Balaban J connectivity index is 2.05. The molecular weight excluding hydrogens is 265 g/mol. The van der Waals surface area contributed by atoms with Gasteiger partial charge in [0.25, 0.3) is 0 Å². The van der Waals surface area contributed by atoms with Crippen molar-refractivity contribution < 1.29 is 9.13 Å². The lowest BCUT2D eigenvalue weighted by Crippen LogP contribution is -2.25. The van der Waals surface area contributed by atoms with Crippen LogP contribution in [0.5, 0.6) is 0 Å². The van der Waals surface area contributed by atoms with Crippen LogP contribution in [0.25, 0.3) is 10.9 Å². The van der Waals surface area contributed by atoms with Gasteiger partial charge in [0.05, 0.1) is 12.1 Å². The molecule has 1 saturated heterocycles. The van der Waals surface area contributed by atoms with Gasteiger partial charge < -0.3 is 9.30 Å². The van der Waals surface area contributed by atoms with Crippen molar-refractivity contribution in [2.45, 2.75) is 45.6 Å². The maximum atomic E-state index is 13.7. The van der Waals surface area contributed by atoms with Crippen LogP contribution < -0.4 is 0 Å². The van der Waals surface area contributed by atoms with E-state index in [4.69, 9.17) is 4.74 Å². The summed E-state index contributed by atoms with van der Waals surface area (Å²) in [5.41, 5.74) is 2.32. The SMILES string of the molecule is CC(C)(C)c1cc2ccc(F)cc2n1CC1CCCOC1. The molecule has 0 amide bonds. The van der Waals surface area contributed by atoms with E-state index >= 15 is 0 Å². The first-order valence-corrected chi connectivity index (χ1v) is 7.82. The van der Waals surface area contributed by atoms with Gasteiger partial charge in [-0.1, -0.05) is 20.8 Å². The van der Waals surface area contributed by atoms with E-state index in [0.717, 1.165) is 37.1 Å². The molecule has 2 aromatic rings. The Morgan fingerprint density at radius 1 is 1.29 bits per heavy atom. The second-order valence-electron chi connectivity index (χ2n) is 7.18. The first kappa shape index (κ1) is 14.6. The predicted molar refractivity (Wildman–Crippen MR) is 84.1 cm³/mol. The van der Waals surface area contributed by atoms with Gasteiger partial charge in [-0.25, -0.2) is 4.39 Å². The number of hydrogen-bond acceptors (Lipinski definition) is 1. The highest BCUT2D eigenvalue weighted by Crippen LogP contribution is 2.31. The fourth-order valence-corrected chi connectivity index (χ4v) is 3.26. The summed E-state index contributed by atoms with van der Waals surface area (Å²) in [6.07, 6.45) is 2.32. The molecule has 21 heavy (non-hydrogen) atoms. The molecule has 1 atom stereocenters. The van der Waals surface area contributed by atoms with E-state index in [0.29, 0.717) is 5.92 Å². The molecule has 2 nitrogen and oxygen atoms in total. The first-order chi connectivity index (χ1) is 9.95. The summed E-state index contributed by atoms with van der Waals surface area (Å²) in [5.74, 6) is 0.362. The molecule has 0 radical (unpaired) electrons. The summed E-state index contributed by atoms with van der Waals surface area (Å²) >= 11 is 0. The molecule has 1 fully saturated rings. The van der Waals surface area contributed by atoms with E-state index in [1.807, 2.05) is 6.07 Å². The normalized spacial score (nSPS) is 20.1. The smallest absolute Gasteiger partial charge is 0.125 e. The highest BCUT2D eigenvalue weighted by atomic mass is 19.1. The number of ether oxygens (including phenoxy) is 1. The van der Waals surface area contributed by atoms with Crippen LogP contribution in [0.15, 0.2) is 24.3 Å². The van der Waals surface area contributed by atoms with Crippen LogP contribution >= 0.6 is 0 Å². The quantitative estimate of drug-likeness (QED) is 0.793. The van der Waals surface area contributed by atoms with Crippen LogP contribution in [-0.2, 0) is 16.7 Å². The van der Waals surface area contributed by atoms with Crippen LogP contribution in [0.2, 0.25) is 0 Å². The Bertz CT molecular complexity index is 632. The molecule has 1 aromatic carbocycles. The van der Waals surface area contributed by atoms with Crippen molar-refractivity contribution in [3.63, 3.8) is 0 Å². The second kappa shape index (κ2) is 5.45. The zero-order valence-corrected chi connectivity index (χ0v) is 13.2. The Labute approximate surface area is 125 Å². The standard InChI is InChI=1S/C18H24FNO/c1-18(2,3)17-9-14-6-7-15(19)10-16(14)20(17)11-13-5-4-8-21-12-13/h6-7,9-10,13H,4-5,8,11-12H2,1-3H3. The third-order valence-electron chi connectivity index (χ3n) is 4.33. The second-order valence-corrected chi connectivity index (χ2v) is 7.18. The van der Waals surface area contributed by atoms with Crippen molar-refractivity contribution in [1.29, 1.82) is 0 Å². The van der Waals surface area contributed by atoms with Crippen LogP contribution in [0.3, 0.4) is 0 Å². The summed E-state index contributed by atoms with van der Waals surface area (Å²) < 4.78 is 21.6. The largest absolute Gasteiger partial charge is 0.381 e. The molecule has 0 spiro atoms. The summed E-state index contributed by atoms with van der Waals surface area (Å²) in [5, 5.41) is 1.12. The topological polar surface area (TPSA) is 14.2 Å². The van der Waals surface area contributed by atoms with Crippen molar-refractivity contribution in [2.24, 2.45) is 5.92 Å². The zero-order valence-electron chi connectivity index (χ0n) is 13.2. The Hall–Kier alpha value is -1.35. The van der Waals surface area contributed by atoms with Crippen molar-refractivity contribution in [2.75, 3.05) is 13.2 Å². The number of hydrogen-bond donors (Lipinski definition) is 0. The average molecular weight is 289 g/mol. The van der Waals surface area contributed by atoms with Gasteiger partial charge in [-0.3, -0.25) is 0 Å². The van der Waals surface area contributed by atoms with Crippen LogP contribution in [0.1, 0.15) is 39.3 Å². The molecule has 114 valence electrons. The van der Waals surface area contributed by atoms with E-state index in [1.165, 1.54) is 12.1 Å². The molecule has 0 saturated carbocycles. The van der Waals surface area contributed by atoms with Gasteiger partial charge in [0.1, 0.15) is 5.82 Å². The third-order valence-corrected chi connectivity index (χ3v) is 4.33. The summed E-state index contributed by atoms with van der Waals surface area (Å²) in [6.45, 7) is 9.25. The lowest BCUT2D eigenvalue weighted by molar-refractivity contribution is 0.0483. The molecule has 0 N–H and O–H groups in total. The molecule has 0 aliphatic carbocycles. The number of aromatic nitrogens is 1. The molecule has 3 rings (SSSR count). The van der Waals surface area contributed by atoms with Crippen molar-refractivity contribution in [3.8, 4) is 0 Å². The Morgan fingerprint density at radius 2 is 2.10 bits per heavy atom. The molecule has 3 heteroatoms. The van der Waals surface area contributed by atoms with Gasteiger partial charge >= 0.3 is 0 Å². The minimum absolute atomic E-state index is 0.0466. The van der Waals surface area contributed by atoms with Crippen molar-refractivity contribution in [3.05, 3.63) is 35.8 Å². The lowest BCUT2D eigenvalue weighted by Gasteiger charge is -2.27. The molecule has 2 heterocycles. The molecule has 1 aromatic heterocycles. The number of benzene rings is 1. The van der Waals surface area contributed by atoms with Crippen molar-refractivity contribution in [1.82, 2.24) is 4.57 Å². The average Bonchev–Trinajstić information content (AvgIpc) is 2.78. The summed E-state index contributed by atoms with van der Waals surface area (Å²) in [7, 11) is 0. The maximum absolute atomic E-state index is 13.7. The zero-order chi connectivity index (χ0) is 15.0. The lowest BCUT2D eigenvalue weighted by atomic mass is 9.91. The molecule has 1 aliphatic heterocycles. The van der Waals surface area contributed by atoms with E-state index in [9.17, 15) is 4.39 Å². The van der Waals surface area contributed by atoms with Crippen LogP contribution in [-0.4, -0.2) is 17.8 Å². The van der Waals surface area contributed by atoms with E-state index < -0.39 is 0 Å². The van der Waals surface area contributed by atoms with Gasteiger partial charge in [-0.15, -0.1) is 0 Å². The Kier molecular flexibility index (Phi) is 3.78. The van der Waals surface area contributed by atoms with Gasteiger partial charge in [-0.2, -0.15) is 0 Å². The minimum Gasteiger partial charge on any atom is -0.381 e. The molecular formula is C18H24FNO. The first-order valence-electron chi connectivity index (χ1n) is 7.82. The molecule has 1 unspecified atom stereocenters. The van der Waals surface area contributed by atoms with E-state index in [2.05, 4.69) is 31.4 Å². The van der Waals surface area contributed by atoms with Gasteiger partial charge in [0.15, 0.2) is 0 Å².